The minimum Gasteiger partial charge on any atom is -0.496 e. The van der Waals surface area contributed by atoms with Crippen LogP contribution in [0.3, 0.4) is 0 Å². The quantitative estimate of drug-likeness (QED) is 0.749. The van der Waals surface area contributed by atoms with E-state index in [1.165, 1.54) is 30.6 Å². The van der Waals surface area contributed by atoms with Gasteiger partial charge in [-0.25, -0.2) is 0 Å². The number of hydrogen-bond donors (Lipinski definition) is 1. The second kappa shape index (κ2) is 7.72. The topological polar surface area (TPSA) is 35.2 Å². The van der Waals surface area contributed by atoms with Crippen LogP contribution in [-0.4, -0.2) is 7.11 Å². The van der Waals surface area contributed by atoms with Crippen molar-refractivity contribution < 1.29 is 4.74 Å². The number of rotatable bonds is 8. The van der Waals surface area contributed by atoms with Crippen LogP contribution in [0.4, 0.5) is 0 Å². The van der Waals surface area contributed by atoms with E-state index in [2.05, 4.69) is 19.9 Å². The van der Waals surface area contributed by atoms with E-state index in [-0.39, 0.29) is 6.04 Å². The molecule has 98 valence electrons. The summed E-state index contributed by atoms with van der Waals surface area (Å²) in [6.07, 6.45) is 6.23. The molecule has 17 heavy (non-hydrogen) atoms. The molecule has 2 atom stereocenters. The zero-order valence-electron chi connectivity index (χ0n) is 11.2. The van der Waals surface area contributed by atoms with Gasteiger partial charge in [-0.05, 0) is 18.4 Å². The van der Waals surface area contributed by atoms with Gasteiger partial charge in [0.2, 0.25) is 0 Å². The highest BCUT2D eigenvalue weighted by Gasteiger charge is 2.15. The molecule has 2 N–H and O–H groups in total. The maximum atomic E-state index is 6.27. The third-order valence-electron chi connectivity index (χ3n) is 3.33. The Morgan fingerprint density at radius 1 is 1.41 bits per heavy atom. The first-order valence-electron chi connectivity index (χ1n) is 6.59. The Labute approximate surface area is 109 Å². The molecule has 2 nitrogen and oxygen atoms in total. The molecular formula is C14H25NOS. The fourth-order valence-corrected chi connectivity index (χ4v) is 2.96. The summed E-state index contributed by atoms with van der Waals surface area (Å²) in [6, 6.07) is 2.24. The van der Waals surface area contributed by atoms with Crippen LogP contribution in [0.15, 0.2) is 11.4 Å². The van der Waals surface area contributed by atoms with Gasteiger partial charge < -0.3 is 10.5 Å². The fourth-order valence-electron chi connectivity index (χ4n) is 2.09. The summed E-state index contributed by atoms with van der Waals surface area (Å²) >= 11 is 1.71. The Morgan fingerprint density at radius 2 is 2.18 bits per heavy atom. The predicted octanol–water partition coefficient (Wildman–Crippen LogP) is 4.36. The first-order valence-corrected chi connectivity index (χ1v) is 7.47. The summed E-state index contributed by atoms with van der Waals surface area (Å²) in [5.74, 6) is 1.69. The van der Waals surface area contributed by atoms with E-state index in [1.54, 1.807) is 18.4 Å². The van der Waals surface area contributed by atoms with Crippen molar-refractivity contribution in [3.05, 3.63) is 16.3 Å². The molecule has 3 heteroatoms. The van der Waals surface area contributed by atoms with E-state index in [4.69, 9.17) is 10.5 Å². The summed E-state index contributed by atoms with van der Waals surface area (Å²) in [6.45, 7) is 4.51. The molecule has 0 saturated heterocycles. The normalized spacial score (nSPS) is 14.6. The third kappa shape index (κ3) is 4.68. The Kier molecular flexibility index (Phi) is 6.60. The van der Waals surface area contributed by atoms with Gasteiger partial charge in [0, 0.05) is 16.3 Å². The molecule has 0 amide bonds. The second-order valence-corrected chi connectivity index (χ2v) is 5.59. The molecule has 0 aliphatic carbocycles. The summed E-state index contributed by atoms with van der Waals surface area (Å²) in [5, 5.41) is 2.03. The van der Waals surface area contributed by atoms with E-state index >= 15 is 0 Å². The van der Waals surface area contributed by atoms with E-state index in [0.717, 1.165) is 18.1 Å². The molecular weight excluding hydrogens is 230 g/mol. The van der Waals surface area contributed by atoms with Crippen LogP contribution in [0, 0.1) is 5.92 Å². The van der Waals surface area contributed by atoms with Crippen molar-refractivity contribution in [1.82, 2.24) is 0 Å². The summed E-state index contributed by atoms with van der Waals surface area (Å²) in [7, 11) is 1.70. The Morgan fingerprint density at radius 3 is 2.71 bits per heavy atom. The predicted molar refractivity (Wildman–Crippen MR) is 75.7 cm³/mol. The number of methoxy groups -OCH3 is 1. The zero-order chi connectivity index (χ0) is 12.7. The fraction of sp³-hybridized carbons (Fsp3) is 0.714. The van der Waals surface area contributed by atoms with E-state index in [1.807, 2.05) is 5.38 Å². The lowest BCUT2D eigenvalue weighted by atomic mass is 9.92. The lowest BCUT2D eigenvalue weighted by Crippen LogP contribution is -2.14. The number of hydrogen-bond acceptors (Lipinski definition) is 3. The SMILES string of the molecule is CCCCC(CC)CC(N)c1cc(OC)cs1. The van der Waals surface area contributed by atoms with Crippen molar-refractivity contribution in [2.75, 3.05) is 7.11 Å². The standard InChI is InChI=1S/C14H25NOS/c1-4-6-7-11(5-2)8-13(15)14-9-12(16-3)10-17-14/h9-11,13H,4-8,15H2,1-3H3. The number of nitrogens with two attached hydrogens (primary N) is 1. The lowest BCUT2D eigenvalue weighted by Gasteiger charge is -2.18. The Bertz CT molecular complexity index is 311. The zero-order valence-corrected chi connectivity index (χ0v) is 12.1. The smallest absolute Gasteiger partial charge is 0.129 e. The van der Waals surface area contributed by atoms with E-state index in [0.29, 0.717) is 0 Å². The van der Waals surface area contributed by atoms with E-state index < -0.39 is 0 Å². The average molecular weight is 255 g/mol. The molecule has 0 aliphatic rings. The van der Waals surface area contributed by atoms with Crippen molar-refractivity contribution in [1.29, 1.82) is 0 Å². The molecule has 1 rings (SSSR count). The van der Waals surface area contributed by atoms with Crippen LogP contribution < -0.4 is 10.5 Å². The van der Waals surface area contributed by atoms with E-state index in [9.17, 15) is 0 Å². The van der Waals surface area contributed by atoms with Crippen LogP contribution in [0.5, 0.6) is 5.75 Å². The van der Waals surface area contributed by atoms with Crippen molar-refractivity contribution >= 4 is 11.3 Å². The minimum atomic E-state index is 0.172. The third-order valence-corrected chi connectivity index (χ3v) is 4.37. The maximum absolute atomic E-state index is 6.27. The molecule has 1 heterocycles. The van der Waals surface area contributed by atoms with Crippen LogP contribution in [0.25, 0.3) is 0 Å². The molecule has 2 unspecified atom stereocenters. The molecule has 0 bridgehead atoms. The summed E-state index contributed by atoms with van der Waals surface area (Å²) in [4.78, 5) is 1.25. The molecule has 0 spiro atoms. The highest BCUT2D eigenvalue weighted by Crippen LogP contribution is 2.31. The van der Waals surface area contributed by atoms with Gasteiger partial charge in [-0.1, -0.05) is 39.5 Å². The van der Waals surface area contributed by atoms with Gasteiger partial charge >= 0.3 is 0 Å². The van der Waals surface area contributed by atoms with Crippen molar-refractivity contribution in [2.45, 2.75) is 52.0 Å². The summed E-state index contributed by atoms with van der Waals surface area (Å²) in [5.41, 5.74) is 6.27. The summed E-state index contributed by atoms with van der Waals surface area (Å²) < 4.78 is 5.20. The molecule has 1 aromatic heterocycles. The molecule has 0 radical (unpaired) electrons. The van der Waals surface area contributed by atoms with Crippen LogP contribution in [0.2, 0.25) is 0 Å². The molecule has 0 aliphatic heterocycles. The Hall–Kier alpha value is -0.540. The average Bonchev–Trinajstić information content (AvgIpc) is 2.83. The highest BCUT2D eigenvalue weighted by molar-refractivity contribution is 7.10. The molecule has 0 saturated carbocycles. The monoisotopic (exact) mass is 255 g/mol. The van der Waals surface area contributed by atoms with Gasteiger partial charge in [0.1, 0.15) is 5.75 Å². The first kappa shape index (κ1) is 14.5. The number of thiophene rings is 1. The van der Waals surface area contributed by atoms with Gasteiger partial charge in [0.15, 0.2) is 0 Å². The highest BCUT2D eigenvalue weighted by atomic mass is 32.1. The minimum absolute atomic E-state index is 0.172. The van der Waals surface area contributed by atoms with Gasteiger partial charge in [0.25, 0.3) is 0 Å². The first-order chi connectivity index (χ1) is 8.21. The second-order valence-electron chi connectivity index (χ2n) is 4.65. The molecule has 0 fully saturated rings. The van der Waals surface area contributed by atoms with Crippen LogP contribution in [-0.2, 0) is 0 Å². The molecule has 1 aromatic rings. The molecule has 0 aromatic carbocycles. The van der Waals surface area contributed by atoms with Gasteiger partial charge in [-0.3, -0.25) is 0 Å². The lowest BCUT2D eigenvalue weighted by molar-refractivity contribution is 0.389. The van der Waals surface area contributed by atoms with Crippen molar-refractivity contribution in [3.63, 3.8) is 0 Å². The number of ether oxygens (including phenoxy) is 1. The maximum Gasteiger partial charge on any atom is 0.129 e. The van der Waals surface area contributed by atoms with Crippen LogP contribution in [0.1, 0.15) is 56.9 Å². The van der Waals surface area contributed by atoms with Gasteiger partial charge in [-0.15, -0.1) is 11.3 Å². The van der Waals surface area contributed by atoms with Crippen molar-refractivity contribution in [3.8, 4) is 5.75 Å². The van der Waals surface area contributed by atoms with Gasteiger partial charge in [0.05, 0.1) is 7.11 Å². The largest absolute Gasteiger partial charge is 0.496 e. The number of unbranched alkanes of at least 4 members (excludes halogenated alkanes) is 1. The van der Waals surface area contributed by atoms with Gasteiger partial charge in [-0.2, -0.15) is 0 Å². The Balaban J connectivity index is 2.48. The van der Waals surface area contributed by atoms with Crippen molar-refractivity contribution in [2.24, 2.45) is 11.7 Å². The van der Waals surface area contributed by atoms with Crippen LogP contribution >= 0.6 is 11.3 Å².